The molecule has 1 atom stereocenters. The number of nitrogens with one attached hydrogen (secondary N) is 1. The number of anilines is 1. The molecule has 6 rings (SSSR count). The molecule has 5 aromatic rings. The molecule has 0 amide bonds. The molecule has 2 aromatic heterocycles. The van der Waals surface area contributed by atoms with Gasteiger partial charge in [-0.05, 0) is 92.0 Å². The van der Waals surface area contributed by atoms with Crippen LogP contribution < -0.4 is 14.8 Å². The summed E-state index contributed by atoms with van der Waals surface area (Å²) in [4.78, 5) is 7.16. The summed E-state index contributed by atoms with van der Waals surface area (Å²) in [6.45, 7) is 2.75. The fraction of sp³-hybridized carbons (Fsp3) is 0.273. The van der Waals surface area contributed by atoms with Crippen LogP contribution >= 0.6 is 0 Å². The van der Waals surface area contributed by atoms with Crippen LogP contribution in [0.4, 0.5) is 5.82 Å². The lowest BCUT2D eigenvalue weighted by atomic mass is 10.0. The Morgan fingerprint density at radius 2 is 1.57 bits per heavy atom. The van der Waals surface area contributed by atoms with Crippen molar-refractivity contribution in [1.82, 2.24) is 19.7 Å². The standard InChI is InChI=1S/C33H35N5O2/c1-37-21-19-27(23-37)35-32-31-26(13-8-24-9-16-30(17-10-24)40-29-6-4-3-5-7-29)18-20-34-33(31)38(36-32)22-25-11-14-28(39-2)15-12-25/h3-7,9-12,14-18,20,27H,8,13,19,21-23H2,1-2H3,(H,35,36)/t27-/m1/s1. The number of likely N-dealkylation sites (tertiary alicyclic amines) is 1. The Morgan fingerprint density at radius 1 is 0.850 bits per heavy atom. The molecule has 204 valence electrons. The van der Waals surface area contributed by atoms with Gasteiger partial charge in [-0.25, -0.2) is 9.67 Å². The minimum absolute atomic E-state index is 0.378. The minimum Gasteiger partial charge on any atom is -0.497 e. The van der Waals surface area contributed by atoms with Crippen molar-refractivity contribution in [2.75, 3.05) is 32.6 Å². The maximum absolute atomic E-state index is 5.97. The highest BCUT2D eigenvalue weighted by Gasteiger charge is 2.23. The maximum atomic E-state index is 5.97. The van der Waals surface area contributed by atoms with E-state index in [-0.39, 0.29) is 0 Å². The minimum atomic E-state index is 0.378. The van der Waals surface area contributed by atoms with Gasteiger partial charge in [0.1, 0.15) is 17.2 Å². The lowest BCUT2D eigenvalue weighted by Crippen LogP contribution is -2.24. The van der Waals surface area contributed by atoms with Crippen molar-refractivity contribution in [3.8, 4) is 17.2 Å². The summed E-state index contributed by atoms with van der Waals surface area (Å²) in [5, 5.41) is 9.94. The highest BCUT2D eigenvalue weighted by Crippen LogP contribution is 2.29. The third kappa shape index (κ3) is 5.95. The van der Waals surface area contributed by atoms with E-state index in [1.54, 1.807) is 7.11 Å². The molecule has 0 unspecified atom stereocenters. The van der Waals surface area contributed by atoms with Crippen LogP contribution in [0.1, 0.15) is 23.1 Å². The maximum Gasteiger partial charge on any atom is 0.160 e. The molecule has 0 bridgehead atoms. The van der Waals surface area contributed by atoms with Crippen LogP contribution in [0.3, 0.4) is 0 Å². The van der Waals surface area contributed by atoms with Crippen LogP contribution in [-0.2, 0) is 19.4 Å². The molecular formula is C33H35N5O2. The van der Waals surface area contributed by atoms with Gasteiger partial charge < -0.3 is 19.7 Å². The normalized spacial score (nSPS) is 15.4. The van der Waals surface area contributed by atoms with E-state index in [1.165, 1.54) is 11.1 Å². The molecule has 40 heavy (non-hydrogen) atoms. The van der Waals surface area contributed by atoms with Crippen molar-refractivity contribution in [3.05, 3.63) is 108 Å². The largest absolute Gasteiger partial charge is 0.497 e. The van der Waals surface area contributed by atoms with Crippen molar-refractivity contribution >= 4 is 16.9 Å². The highest BCUT2D eigenvalue weighted by molar-refractivity contribution is 5.91. The van der Waals surface area contributed by atoms with Crippen LogP contribution in [0.25, 0.3) is 11.0 Å². The van der Waals surface area contributed by atoms with Gasteiger partial charge in [0.05, 0.1) is 19.0 Å². The fourth-order valence-electron chi connectivity index (χ4n) is 5.36. The summed E-state index contributed by atoms with van der Waals surface area (Å²) in [6.07, 6.45) is 4.83. The summed E-state index contributed by atoms with van der Waals surface area (Å²) in [7, 11) is 3.86. The molecule has 3 heterocycles. The number of benzene rings is 3. The van der Waals surface area contributed by atoms with Gasteiger partial charge in [-0.15, -0.1) is 0 Å². The van der Waals surface area contributed by atoms with Gasteiger partial charge in [0.2, 0.25) is 0 Å². The average molecular weight is 534 g/mol. The van der Waals surface area contributed by atoms with Crippen molar-refractivity contribution in [1.29, 1.82) is 0 Å². The van der Waals surface area contributed by atoms with Gasteiger partial charge in [-0.1, -0.05) is 42.5 Å². The molecule has 1 aliphatic heterocycles. The molecule has 1 aliphatic rings. The molecule has 1 N–H and O–H groups in total. The number of hydrogen-bond donors (Lipinski definition) is 1. The van der Waals surface area contributed by atoms with E-state index >= 15 is 0 Å². The zero-order valence-corrected chi connectivity index (χ0v) is 23.1. The Kier molecular flexibility index (Phi) is 7.64. The van der Waals surface area contributed by atoms with E-state index in [0.717, 1.165) is 72.0 Å². The molecule has 0 radical (unpaired) electrons. The van der Waals surface area contributed by atoms with Crippen LogP contribution in [0.5, 0.6) is 17.2 Å². The Bertz CT molecular complexity index is 1550. The van der Waals surface area contributed by atoms with Crippen molar-refractivity contribution < 1.29 is 9.47 Å². The lowest BCUT2D eigenvalue weighted by Gasteiger charge is -2.13. The molecule has 3 aromatic carbocycles. The molecular weight excluding hydrogens is 498 g/mol. The van der Waals surface area contributed by atoms with Gasteiger partial charge in [0.25, 0.3) is 0 Å². The molecule has 0 spiro atoms. The summed E-state index contributed by atoms with van der Waals surface area (Å²) < 4.78 is 13.3. The second kappa shape index (κ2) is 11.8. The topological polar surface area (TPSA) is 64.4 Å². The number of ether oxygens (including phenoxy) is 2. The number of aromatic nitrogens is 3. The van der Waals surface area contributed by atoms with Crippen LogP contribution in [0.2, 0.25) is 0 Å². The molecule has 1 saturated heterocycles. The number of fused-ring (bicyclic) bond motifs is 1. The van der Waals surface area contributed by atoms with Crippen LogP contribution in [0, 0.1) is 0 Å². The number of pyridine rings is 1. The summed E-state index contributed by atoms with van der Waals surface area (Å²) >= 11 is 0. The summed E-state index contributed by atoms with van der Waals surface area (Å²) in [6, 6.07) is 28.9. The smallest absolute Gasteiger partial charge is 0.160 e. The first-order valence-corrected chi connectivity index (χ1v) is 13.9. The van der Waals surface area contributed by atoms with Gasteiger partial charge in [-0.2, -0.15) is 5.10 Å². The van der Waals surface area contributed by atoms with E-state index in [2.05, 4.69) is 47.6 Å². The third-order valence-electron chi connectivity index (χ3n) is 7.53. The van der Waals surface area contributed by atoms with Crippen LogP contribution in [-0.4, -0.2) is 53.0 Å². The summed E-state index contributed by atoms with van der Waals surface area (Å²) in [5.74, 6) is 3.46. The van der Waals surface area contributed by atoms with E-state index in [9.17, 15) is 0 Å². The monoisotopic (exact) mass is 533 g/mol. The Morgan fingerprint density at radius 3 is 2.30 bits per heavy atom. The second-order valence-corrected chi connectivity index (χ2v) is 10.5. The molecule has 0 aliphatic carbocycles. The molecule has 0 saturated carbocycles. The Labute approximate surface area is 235 Å². The zero-order valence-electron chi connectivity index (χ0n) is 23.1. The number of rotatable bonds is 10. The van der Waals surface area contributed by atoms with E-state index in [0.29, 0.717) is 12.6 Å². The van der Waals surface area contributed by atoms with Crippen LogP contribution in [0.15, 0.2) is 91.1 Å². The number of para-hydroxylation sites is 1. The first-order chi connectivity index (χ1) is 19.6. The second-order valence-electron chi connectivity index (χ2n) is 10.5. The van der Waals surface area contributed by atoms with Crippen molar-refractivity contribution in [2.45, 2.75) is 31.8 Å². The number of likely N-dealkylation sites (N-methyl/N-ethyl adjacent to an activating group) is 1. The Balaban J connectivity index is 1.24. The third-order valence-corrected chi connectivity index (χ3v) is 7.53. The predicted molar refractivity (Wildman–Crippen MR) is 160 cm³/mol. The molecule has 7 heteroatoms. The summed E-state index contributed by atoms with van der Waals surface area (Å²) in [5.41, 5.74) is 4.59. The van der Waals surface area contributed by atoms with Gasteiger partial charge in [-0.3, -0.25) is 0 Å². The van der Waals surface area contributed by atoms with Gasteiger partial charge in [0, 0.05) is 18.8 Å². The van der Waals surface area contributed by atoms with E-state index < -0.39 is 0 Å². The number of aryl methyl sites for hydroxylation is 2. The van der Waals surface area contributed by atoms with Crippen molar-refractivity contribution in [2.24, 2.45) is 0 Å². The van der Waals surface area contributed by atoms with E-state index in [4.69, 9.17) is 19.6 Å². The SMILES string of the molecule is COc1ccc(Cn2nc(N[C@@H]3CCN(C)C3)c3c(CCc4ccc(Oc5ccccc5)cc4)ccnc32)cc1. The highest BCUT2D eigenvalue weighted by atomic mass is 16.5. The quantitative estimate of drug-likeness (QED) is 0.231. The van der Waals surface area contributed by atoms with E-state index in [1.807, 2.05) is 65.5 Å². The number of methoxy groups -OCH3 is 1. The Hall–Kier alpha value is -4.36. The predicted octanol–water partition coefficient (Wildman–Crippen LogP) is 6.18. The van der Waals surface area contributed by atoms with Gasteiger partial charge in [0.15, 0.2) is 11.5 Å². The zero-order chi connectivity index (χ0) is 27.3. The average Bonchev–Trinajstić information content (AvgIpc) is 3.56. The van der Waals surface area contributed by atoms with Crippen molar-refractivity contribution in [3.63, 3.8) is 0 Å². The first-order valence-electron chi connectivity index (χ1n) is 13.9. The molecule has 1 fully saturated rings. The number of nitrogens with zero attached hydrogens (tertiary/aromatic N) is 4. The number of hydrogen-bond acceptors (Lipinski definition) is 6. The fourth-order valence-corrected chi connectivity index (χ4v) is 5.36. The first kappa shape index (κ1) is 25.9. The van der Waals surface area contributed by atoms with Gasteiger partial charge >= 0.3 is 0 Å². The lowest BCUT2D eigenvalue weighted by molar-refractivity contribution is 0.414. The molecule has 7 nitrogen and oxygen atoms in total.